The lowest BCUT2D eigenvalue weighted by molar-refractivity contribution is -0.130. The molecule has 2 aliphatic rings. The van der Waals surface area contributed by atoms with E-state index in [0.29, 0.717) is 17.1 Å². The third-order valence-electron chi connectivity index (χ3n) is 5.88. The monoisotopic (exact) mass is 286 g/mol. The van der Waals surface area contributed by atoms with Crippen LogP contribution in [0.25, 0.3) is 0 Å². The topological polar surface area (TPSA) is 26.3 Å². The zero-order valence-corrected chi connectivity index (χ0v) is 13.2. The number of ketones is 1. The fourth-order valence-electron chi connectivity index (χ4n) is 4.59. The molecule has 2 saturated carbocycles. The van der Waals surface area contributed by atoms with Gasteiger partial charge in [0.2, 0.25) is 0 Å². The van der Waals surface area contributed by atoms with Crippen LogP contribution in [0, 0.1) is 17.3 Å². The summed E-state index contributed by atoms with van der Waals surface area (Å²) in [5.74, 6) is 2.34. The van der Waals surface area contributed by atoms with Crippen molar-refractivity contribution < 1.29 is 9.53 Å². The lowest BCUT2D eigenvalue weighted by Crippen LogP contribution is -2.38. The minimum atomic E-state index is 0.289. The summed E-state index contributed by atoms with van der Waals surface area (Å²) in [6.07, 6.45) is 7.80. The zero-order valence-electron chi connectivity index (χ0n) is 13.2. The molecule has 0 spiro atoms. The molecular weight excluding hydrogens is 260 g/mol. The first-order chi connectivity index (χ1) is 10.1. The summed E-state index contributed by atoms with van der Waals surface area (Å²) in [7, 11) is 1.70. The van der Waals surface area contributed by atoms with Gasteiger partial charge in [-0.05, 0) is 61.1 Å². The van der Waals surface area contributed by atoms with Gasteiger partial charge in [-0.3, -0.25) is 4.79 Å². The number of Topliss-reactive ketones (excluding diaryl/α,β-unsaturated/α-hetero) is 1. The smallest absolute Gasteiger partial charge is 0.136 e. The van der Waals surface area contributed by atoms with E-state index in [2.05, 4.69) is 19.1 Å². The summed E-state index contributed by atoms with van der Waals surface area (Å²) < 4.78 is 5.29. The second-order valence-corrected chi connectivity index (χ2v) is 7.12. The summed E-state index contributed by atoms with van der Waals surface area (Å²) in [4.78, 5) is 12.4. The van der Waals surface area contributed by atoms with Crippen LogP contribution in [0.1, 0.15) is 51.0 Å². The van der Waals surface area contributed by atoms with Gasteiger partial charge in [-0.2, -0.15) is 0 Å². The van der Waals surface area contributed by atoms with E-state index in [1.807, 2.05) is 12.1 Å². The van der Waals surface area contributed by atoms with E-state index in [0.717, 1.165) is 31.4 Å². The summed E-state index contributed by atoms with van der Waals surface area (Å²) >= 11 is 0. The van der Waals surface area contributed by atoms with Crippen LogP contribution in [0.3, 0.4) is 0 Å². The van der Waals surface area contributed by atoms with Crippen molar-refractivity contribution in [2.24, 2.45) is 17.3 Å². The van der Waals surface area contributed by atoms with Crippen LogP contribution in [0.4, 0.5) is 0 Å². The van der Waals surface area contributed by atoms with Gasteiger partial charge in [0.1, 0.15) is 11.5 Å². The van der Waals surface area contributed by atoms with Gasteiger partial charge < -0.3 is 4.74 Å². The van der Waals surface area contributed by atoms with Crippen molar-refractivity contribution in [3.8, 4) is 5.75 Å². The number of aryl methyl sites for hydroxylation is 1. The standard InChI is InChI=1S/C19H26O2/c1-19-11-4-7-17(19)16(18(20)10-12-19)9-8-14-5-3-6-15(13-14)21-2/h3,5-6,13,16-17H,4,7-12H2,1-2H3/t16?,17?,19-/m1/s1. The lowest BCUT2D eigenvalue weighted by Gasteiger charge is -2.41. The minimum absolute atomic E-state index is 0.289. The van der Waals surface area contributed by atoms with Gasteiger partial charge >= 0.3 is 0 Å². The normalized spacial score (nSPS) is 32.0. The summed E-state index contributed by atoms with van der Waals surface area (Å²) in [5, 5.41) is 0. The Morgan fingerprint density at radius 1 is 1.33 bits per heavy atom. The van der Waals surface area contributed by atoms with Crippen LogP contribution >= 0.6 is 0 Å². The van der Waals surface area contributed by atoms with Crippen molar-refractivity contribution in [2.45, 2.75) is 51.9 Å². The van der Waals surface area contributed by atoms with Crippen molar-refractivity contribution in [1.29, 1.82) is 0 Å². The Morgan fingerprint density at radius 2 is 2.19 bits per heavy atom. The van der Waals surface area contributed by atoms with Gasteiger partial charge in [-0.25, -0.2) is 0 Å². The number of methoxy groups -OCH3 is 1. The van der Waals surface area contributed by atoms with Crippen molar-refractivity contribution in [2.75, 3.05) is 7.11 Å². The Kier molecular flexibility index (Phi) is 4.05. The number of hydrogen-bond donors (Lipinski definition) is 0. The zero-order chi connectivity index (χ0) is 14.9. The molecule has 1 aromatic rings. The van der Waals surface area contributed by atoms with Crippen molar-refractivity contribution >= 4 is 5.78 Å². The lowest BCUT2D eigenvalue weighted by atomic mass is 9.63. The average Bonchev–Trinajstić information content (AvgIpc) is 2.89. The van der Waals surface area contributed by atoms with Crippen molar-refractivity contribution in [1.82, 2.24) is 0 Å². The number of hydrogen-bond acceptors (Lipinski definition) is 2. The van der Waals surface area contributed by atoms with Gasteiger partial charge in [0.25, 0.3) is 0 Å². The van der Waals surface area contributed by atoms with Crippen LogP contribution in [0.2, 0.25) is 0 Å². The molecule has 0 amide bonds. The Hall–Kier alpha value is -1.31. The molecule has 2 nitrogen and oxygen atoms in total. The molecule has 114 valence electrons. The predicted molar refractivity (Wildman–Crippen MR) is 84.5 cm³/mol. The van der Waals surface area contributed by atoms with E-state index in [-0.39, 0.29) is 5.92 Å². The number of benzene rings is 1. The first kappa shape index (κ1) is 14.6. The maximum atomic E-state index is 12.4. The second kappa shape index (κ2) is 5.82. The van der Waals surface area contributed by atoms with Gasteiger partial charge in [-0.1, -0.05) is 25.5 Å². The highest BCUT2D eigenvalue weighted by atomic mass is 16.5. The first-order valence-corrected chi connectivity index (χ1v) is 8.28. The summed E-state index contributed by atoms with van der Waals surface area (Å²) in [6, 6.07) is 8.25. The van der Waals surface area contributed by atoms with Crippen LogP contribution < -0.4 is 4.74 Å². The maximum absolute atomic E-state index is 12.4. The van der Waals surface area contributed by atoms with Crippen molar-refractivity contribution in [3.05, 3.63) is 29.8 Å². The van der Waals surface area contributed by atoms with E-state index < -0.39 is 0 Å². The number of rotatable bonds is 4. The fourth-order valence-corrected chi connectivity index (χ4v) is 4.59. The molecular formula is C19H26O2. The third-order valence-corrected chi connectivity index (χ3v) is 5.88. The molecule has 2 unspecified atom stereocenters. The van der Waals surface area contributed by atoms with E-state index >= 15 is 0 Å². The molecule has 0 heterocycles. The molecule has 1 aromatic carbocycles. The molecule has 3 rings (SSSR count). The van der Waals surface area contributed by atoms with E-state index in [4.69, 9.17) is 4.74 Å². The minimum Gasteiger partial charge on any atom is -0.497 e. The summed E-state index contributed by atoms with van der Waals surface area (Å²) in [6.45, 7) is 2.41. The quantitative estimate of drug-likeness (QED) is 0.819. The number of ether oxygens (including phenoxy) is 1. The fraction of sp³-hybridized carbons (Fsp3) is 0.632. The molecule has 21 heavy (non-hydrogen) atoms. The molecule has 0 N–H and O–H groups in total. The van der Waals surface area contributed by atoms with Crippen LogP contribution in [-0.4, -0.2) is 12.9 Å². The number of fused-ring (bicyclic) bond motifs is 1. The molecule has 0 saturated heterocycles. The second-order valence-electron chi connectivity index (χ2n) is 7.12. The third kappa shape index (κ3) is 2.86. The molecule has 2 heteroatoms. The highest BCUT2D eigenvalue weighted by molar-refractivity contribution is 5.82. The number of carbonyl (C=O) groups is 1. The van der Waals surface area contributed by atoms with E-state index in [9.17, 15) is 4.79 Å². The molecule has 2 fully saturated rings. The molecule has 2 aliphatic carbocycles. The number of carbonyl (C=O) groups excluding carboxylic acids is 1. The Balaban J connectivity index is 1.69. The Morgan fingerprint density at radius 3 is 3.00 bits per heavy atom. The van der Waals surface area contributed by atoms with Crippen LogP contribution in [0.5, 0.6) is 5.75 Å². The van der Waals surface area contributed by atoms with Gasteiger partial charge in [-0.15, -0.1) is 0 Å². The van der Waals surface area contributed by atoms with E-state index in [1.165, 1.54) is 24.8 Å². The van der Waals surface area contributed by atoms with Gasteiger partial charge in [0.05, 0.1) is 7.11 Å². The van der Waals surface area contributed by atoms with Crippen LogP contribution in [-0.2, 0) is 11.2 Å². The highest BCUT2D eigenvalue weighted by Crippen LogP contribution is 2.54. The largest absolute Gasteiger partial charge is 0.497 e. The maximum Gasteiger partial charge on any atom is 0.136 e. The molecule has 0 aliphatic heterocycles. The molecule has 0 aromatic heterocycles. The predicted octanol–water partition coefficient (Wildman–Crippen LogP) is 4.41. The molecule has 0 bridgehead atoms. The average molecular weight is 286 g/mol. The van der Waals surface area contributed by atoms with Gasteiger partial charge in [0, 0.05) is 12.3 Å². The SMILES string of the molecule is COc1cccc(CCC2C(=O)CC[C@@]3(C)CCCC23)c1. The molecule has 3 atom stereocenters. The highest BCUT2D eigenvalue weighted by Gasteiger charge is 2.48. The first-order valence-electron chi connectivity index (χ1n) is 8.28. The van der Waals surface area contributed by atoms with Crippen LogP contribution in [0.15, 0.2) is 24.3 Å². The van der Waals surface area contributed by atoms with Crippen molar-refractivity contribution in [3.63, 3.8) is 0 Å². The Bertz CT molecular complexity index is 522. The summed E-state index contributed by atoms with van der Waals surface area (Å²) in [5.41, 5.74) is 1.72. The van der Waals surface area contributed by atoms with E-state index in [1.54, 1.807) is 7.11 Å². The molecule has 0 radical (unpaired) electrons. The van der Waals surface area contributed by atoms with Gasteiger partial charge in [0.15, 0.2) is 0 Å². The Labute approximate surface area is 127 Å².